The number of hydrogen-bond acceptors (Lipinski definition) is 3. The average molecular weight is 313 g/mol. The minimum Gasteiger partial charge on any atom is -0.497 e. The van der Waals surface area contributed by atoms with E-state index in [1.807, 2.05) is 24.0 Å². The molecule has 23 heavy (non-hydrogen) atoms. The number of nitrogens with zero attached hydrogens (tertiary/aromatic N) is 2. The number of aryl methyl sites for hydroxylation is 1. The van der Waals surface area contributed by atoms with Gasteiger partial charge in [0.1, 0.15) is 5.75 Å². The Balaban J connectivity index is 1.53. The van der Waals surface area contributed by atoms with Crippen LogP contribution in [0.4, 0.5) is 0 Å². The summed E-state index contributed by atoms with van der Waals surface area (Å²) in [5.74, 6) is 1.59. The Morgan fingerprint density at radius 3 is 2.83 bits per heavy atom. The molecule has 2 heterocycles. The third-order valence-corrected chi connectivity index (χ3v) is 4.57. The Morgan fingerprint density at radius 2 is 2.17 bits per heavy atom. The number of imidazole rings is 1. The number of ether oxygens (including phenoxy) is 1. The molecule has 1 aromatic carbocycles. The highest BCUT2D eigenvalue weighted by molar-refractivity contribution is 5.78. The number of rotatable bonds is 5. The van der Waals surface area contributed by atoms with Crippen LogP contribution in [0.3, 0.4) is 0 Å². The summed E-state index contributed by atoms with van der Waals surface area (Å²) in [6.45, 7) is 3.64. The van der Waals surface area contributed by atoms with E-state index in [0.29, 0.717) is 12.3 Å². The van der Waals surface area contributed by atoms with Gasteiger partial charge in [-0.1, -0.05) is 12.1 Å². The molecule has 5 nitrogen and oxygen atoms in total. The predicted molar refractivity (Wildman–Crippen MR) is 88.4 cm³/mol. The van der Waals surface area contributed by atoms with Crippen LogP contribution in [-0.4, -0.2) is 41.0 Å². The number of methoxy groups -OCH3 is 1. The van der Waals surface area contributed by atoms with E-state index in [1.165, 1.54) is 5.56 Å². The van der Waals surface area contributed by atoms with Crippen molar-refractivity contribution in [2.75, 3.05) is 20.2 Å². The molecular weight excluding hydrogens is 290 g/mol. The summed E-state index contributed by atoms with van der Waals surface area (Å²) in [6, 6.07) is 8.20. The Kier molecular flexibility index (Phi) is 4.65. The van der Waals surface area contributed by atoms with Crippen molar-refractivity contribution in [1.29, 1.82) is 0 Å². The van der Waals surface area contributed by atoms with Crippen molar-refractivity contribution in [1.82, 2.24) is 14.9 Å². The number of carbonyl (C=O) groups excluding carboxylic acids is 1. The lowest BCUT2D eigenvalue weighted by atomic mass is 9.99. The van der Waals surface area contributed by atoms with Gasteiger partial charge in [0.15, 0.2) is 0 Å². The van der Waals surface area contributed by atoms with Gasteiger partial charge < -0.3 is 14.6 Å². The average Bonchev–Trinajstić information content (AvgIpc) is 3.18. The smallest absolute Gasteiger partial charge is 0.228 e. The molecule has 1 unspecified atom stereocenters. The number of likely N-dealkylation sites (tertiary alicyclic amines) is 1. The zero-order chi connectivity index (χ0) is 16.2. The molecule has 0 bridgehead atoms. The number of nitrogens with one attached hydrogen (secondary N) is 1. The SMILES string of the molecule is COc1ccc(CC2CCN(C(=O)Cc3nc[nH]c3C)C2)cc1. The molecule has 1 aliphatic heterocycles. The van der Waals surface area contributed by atoms with Crippen LogP contribution in [-0.2, 0) is 17.6 Å². The standard InChI is InChI=1S/C18H23N3O2/c1-13-17(20-12-19-13)10-18(22)21-8-7-15(11-21)9-14-3-5-16(23-2)6-4-14/h3-6,12,15H,7-11H2,1-2H3,(H,19,20). The van der Waals surface area contributed by atoms with Crippen molar-refractivity contribution in [2.45, 2.75) is 26.2 Å². The lowest BCUT2D eigenvalue weighted by Gasteiger charge is -2.16. The summed E-state index contributed by atoms with van der Waals surface area (Å²) < 4.78 is 5.19. The first-order valence-corrected chi connectivity index (χ1v) is 8.05. The molecule has 0 aliphatic carbocycles. The Hall–Kier alpha value is -2.30. The normalized spacial score (nSPS) is 17.5. The maximum atomic E-state index is 12.4. The first-order chi connectivity index (χ1) is 11.2. The molecule has 5 heteroatoms. The molecule has 1 amide bonds. The molecule has 1 aromatic heterocycles. The summed E-state index contributed by atoms with van der Waals surface area (Å²) in [7, 11) is 1.68. The van der Waals surface area contributed by atoms with Crippen LogP contribution in [0.25, 0.3) is 0 Å². The van der Waals surface area contributed by atoms with Gasteiger partial charge in [-0.15, -0.1) is 0 Å². The molecule has 122 valence electrons. The molecular formula is C18H23N3O2. The lowest BCUT2D eigenvalue weighted by Crippen LogP contribution is -2.30. The fourth-order valence-electron chi connectivity index (χ4n) is 3.14. The Bertz CT molecular complexity index is 663. The third-order valence-electron chi connectivity index (χ3n) is 4.57. The zero-order valence-corrected chi connectivity index (χ0v) is 13.7. The van der Waals surface area contributed by atoms with Crippen LogP contribution in [0, 0.1) is 12.8 Å². The highest BCUT2D eigenvalue weighted by Crippen LogP contribution is 2.23. The number of carbonyl (C=O) groups is 1. The summed E-state index contributed by atoms with van der Waals surface area (Å²) in [6.07, 6.45) is 4.12. The number of aromatic nitrogens is 2. The van der Waals surface area contributed by atoms with Crippen molar-refractivity contribution in [3.8, 4) is 5.75 Å². The highest BCUT2D eigenvalue weighted by atomic mass is 16.5. The minimum absolute atomic E-state index is 0.178. The molecule has 1 N–H and O–H groups in total. The maximum absolute atomic E-state index is 12.4. The van der Waals surface area contributed by atoms with E-state index in [-0.39, 0.29) is 5.91 Å². The zero-order valence-electron chi connectivity index (χ0n) is 13.7. The summed E-state index contributed by atoms with van der Waals surface area (Å²) >= 11 is 0. The van der Waals surface area contributed by atoms with Gasteiger partial charge >= 0.3 is 0 Å². The second kappa shape index (κ2) is 6.86. The number of benzene rings is 1. The van der Waals surface area contributed by atoms with Crippen molar-refractivity contribution in [3.63, 3.8) is 0 Å². The highest BCUT2D eigenvalue weighted by Gasteiger charge is 2.26. The van der Waals surface area contributed by atoms with Crippen LogP contribution < -0.4 is 4.74 Å². The molecule has 3 rings (SSSR count). The van der Waals surface area contributed by atoms with Gasteiger partial charge in [0.2, 0.25) is 5.91 Å². The van der Waals surface area contributed by atoms with Gasteiger partial charge in [-0.25, -0.2) is 4.98 Å². The third kappa shape index (κ3) is 3.73. The van der Waals surface area contributed by atoms with E-state index in [4.69, 9.17) is 4.74 Å². The molecule has 0 spiro atoms. The van der Waals surface area contributed by atoms with Crippen LogP contribution >= 0.6 is 0 Å². The molecule has 1 aliphatic rings. The number of amides is 1. The quantitative estimate of drug-likeness (QED) is 0.922. The van der Waals surface area contributed by atoms with E-state index in [2.05, 4.69) is 22.1 Å². The fourth-order valence-corrected chi connectivity index (χ4v) is 3.14. The van der Waals surface area contributed by atoms with Gasteiger partial charge in [-0.3, -0.25) is 4.79 Å². The Labute approximate surface area is 136 Å². The summed E-state index contributed by atoms with van der Waals surface area (Å²) in [5, 5.41) is 0. The van der Waals surface area contributed by atoms with Crippen molar-refractivity contribution in [2.24, 2.45) is 5.92 Å². The number of aromatic amines is 1. The first kappa shape index (κ1) is 15.6. The van der Waals surface area contributed by atoms with Gasteiger partial charge in [0.25, 0.3) is 0 Å². The largest absolute Gasteiger partial charge is 0.497 e. The van der Waals surface area contributed by atoms with E-state index >= 15 is 0 Å². The van der Waals surface area contributed by atoms with Crippen LogP contribution in [0.15, 0.2) is 30.6 Å². The topological polar surface area (TPSA) is 58.2 Å². The second-order valence-electron chi connectivity index (χ2n) is 6.20. The van der Waals surface area contributed by atoms with Gasteiger partial charge in [-0.05, 0) is 43.4 Å². The van der Waals surface area contributed by atoms with Gasteiger partial charge in [0.05, 0.1) is 25.6 Å². The van der Waals surface area contributed by atoms with E-state index < -0.39 is 0 Å². The number of hydrogen-bond donors (Lipinski definition) is 1. The second-order valence-corrected chi connectivity index (χ2v) is 6.20. The first-order valence-electron chi connectivity index (χ1n) is 8.05. The molecule has 0 radical (unpaired) electrons. The van der Waals surface area contributed by atoms with Crippen LogP contribution in [0.5, 0.6) is 5.75 Å². The predicted octanol–water partition coefficient (Wildman–Crippen LogP) is 2.36. The maximum Gasteiger partial charge on any atom is 0.228 e. The molecule has 1 fully saturated rings. The Morgan fingerprint density at radius 1 is 1.39 bits per heavy atom. The van der Waals surface area contributed by atoms with E-state index in [1.54, 1.807) is 13.4 Å². The van der Waals surface area contributed by atoms with Crippen molar-refractivity contribution >= 4 is 5.91 Å². The van der Waals surface area contributed by atoms with E-state index in [0.717, 1.165) is 43.1 Å². The fraction of sp³-hybridized carbons (Fsp3) is 0.444. The van der Waals surface area contributed by atoms with Gasteiger partial charge in [-0.2, -0.15) is 0 Å². The summed E-state index contributed by atoms with van der Waals surface area (Å²) in [5.41, 5.74) is 3.13. The van der Waals surface area contributed by atoms with Gasteiger partial charge in [0, 0.05) is 18.8 Å². The van der Waals surface area contributed by atoms with Crippen molar-refractivity contribution < 1.29 is 9.53 Å². The minimum atomic E-state index is 0.178. The lowest BCUT2D eigenvalue weighted by molar-refractivity contribution is -0.129. The van der Waals surface area contributed by atoms with Crippen LogP contribution in [0.2, 0.25) is 0 Å². The molecule has 1 atom stereocenters. The number of H-pyrrole nitrogens is 1. The van der Waals surface area contributed by atoms with Crippen molar-refractivity contribution in [3.05, 3.63) is 47.5 Å². The monoisotopic (exact) mass is 313 g/mol. The van der Waals surface area contributed by atoms with Crippen LogP contribution in [0.1, 0.15) is 23.4 Å². The molecule has 2 aromatic rings. The molecule has 0 saturated carbocycles. The van der Waals surface area contributed by atoms with E-state index in [9.17, 15) is 4.79 Å². The summed E-state index contributed by atoms with van der Waals surface area (Å²) in [4.78, 5) is 21.6. The molecule has 1 saturated heterocycles.